The third kappa shape index (κ3) is 2.98. The van der Waals surface area contributed by atoms with Crippen LogP contribution in [0, 0.1) is 13.8 Å². The summed E-state index contributed by atoms with van der Waals surface area (Å²) in [6.07, 6.45) is 6.36. The van der Waals surface area contributed by atoms with Crippen molar-refractivity contribution in [1.82, 2.24) is 30.0 Å². The van der Waals surface area contributed by atoms with E-state index in [4.69, 9.17) is 0 Å². The molecule has 1 saturated heterocycles. The van der Waals surface area contributed by atoms with E-state index >= 15 is 0 Å². The third-order valence-electron chi connectivity index (χ3n) is 7.01. The number of hydrogen-bond donors (Lipinski definition) is 3. The number of hydrogen-bond acceptors (Lipinski definition) is 3. The Morgan fingerprint density at radius 3 is 2.66 bits per heavy atom. The molecule has 1 aliphatic rings. The van der Waals surface area contributed by atoms with Crippen LogP contribution in [-0.4, -0.2) is 37.8 Å². The number of piperidine rings is 1. The molecule has 32 heavy (non-hydrogen) atoms. The van der Waals surface area contributed by atoms with Crippen molar-refractivity contribution >= 4 is 21.9 Å². The average Bonchev–Trinajstić information content (AvgIpc) is 3.49. The van der Waals surface area contributed by atoms with Crippen molar-refractivity contribution in [2.24, 2.45) is 7.05 Å². The van der Waals surface area contributed by atoms with Gasteiger partial charge in [-0.25, -0.2) is 4.98 Å². The van der Waals surface area contributed by atoms with E-state index in [1.807, 2.05) is 31.0 Å². The molecule has 3 N–H and O–H groups in total. The quantitative estimate of drug-likeness (QED) is 0.373. The predicted octanol–water partition coefficient (Wildman–Crippen LogP) is 5.20. The van der Waals surface area contributed by atoms with E-state index in [-0.39, 0.29) is 0 Å². The van der Waals surface area contributed by atoms with Crippen LogP contribution in [0.5, 0.6) is 0 Å². The van der Waals surface area contributed by atoms with Gasteiger partial charge in [-0.2, -0.15) is 5.10 Å². The molecular formula is C26H28N6. The number of aromatic amines is 2. The molecule has 5 heterocycles. The smallest absolute Gasteiger partial charge is 0.138 e. The molecule has 6 rings (SSSR count). The third-order valence-corrected chi connectivity index (χ3v) is 7.01. The standard InChI is InChI=1S/C26H28N6/c1-15-12-23(32(3)31-15)21-14-29-26-24(21)19(8-11-28-26)25-16(2)20-13-18(4-5-22(20)30-25)17-6-9-27-10-7-17/h4-5,8,11-14,17,27,30H,6-7,9-10H2,1-3H3,(H,28,29). The van der Waals surface area contributed by atoms with E-state index in [2.05, 4.69) is 62.6 Å². The Hall–Kier alpha value is -3.38. The zero-order valence-electron chi connectivity index (χ0n) is 18.8. The van der Waals surface area contributed by atoms with E-state index in [1.54, 1.807) is 0 Å². The fraction of sp³-hybridized carbons (Fsp3) is 0.308. The molecule has 1 fully saturated rings. The van der Waals surface area contributed by atoms with Crippen molar-refractivity contribution in [3.05, 3.63) is 59.5 Å². The molecule has 0 saturated carbocycles. The molecule has 1 aromatic carbocycles. The predicted molar refractivity (Wildman–Crippen MR) is 130 cm³/mol. The minimum atomic E-state index is 0.649. The summed E-state index contributed by atoms with van der Waals surface area (Å²) in [5.41, 5.74) is 10.4. The summed E-state index contributed by atoms with van der Waals surface area (Å²) in [7, 11) is 1.99. The number of aromatic nitrogens is 5. The topological polar surface area (TPSA) is 74.3 Å². The number of fused-ring (bicyclic) bond motifs is 2. The Morgan fingerprint density at radius 2 is 1.88 bits per heavy atom. The van der Waals surface area contributed by atoms with Crippen LogP contribution in [0.3, 0.4) is 0 Å². The van der Waals surface area contributed by atoms with Crippen LogP contribution in [0.2, 0.25) is 0 Å². The lowest BCUT2D eigenvalue weighted by Gasteiger charge is -2.23. The fourth-order valence-electron chi connectivity index (χ4n) is 5.35. The van der Waals surface area contributed by atoms with Gasteiger partial charge in [-0.3, -0.25) is 4.68 Å². The maximum absolute atomic E-state index is 4.60. The maximum Gasteiger partial charge on any atom is 0.138 e. The highest BCUT2D eigenvalue weighted by molar-refractivity contribution is 6.05. The van der Waals surface area contributed by atoms with Crippen LogP contribution in [0.25, 0.3) is 44.5 Å². The van der Waals surface area contributed by atoms with Gasteiger partial charge in [0, 0.05) is 46.9 Å². The second-order valence-corrected chi connectivity index (χ2v) is 9.03. The van der Waals surface area contributed by atoms with Gasteiger partial charge in [0.1, 0.15) is 5.65 Å². The van der Waals surface area contributed by atoms with Crippen molar-refractivity contribution in [3.63, 3.8) is 0 Å². The van der Waals surface area contributed by atoms with Gasteiger partial charge in [0.25, 0.3) is 0 Å². The van der Waals surface area contributed by atoms with Crippen molar-refractivity contribution in [2.45, 2.75) is 32.6 Å². The molecule has 5 aromatic rings. The number of pyridine rings is 1. The number of rotatable bonds is 3. The first-order chi connectivity index (χ1) is 15.6. The molecule has 0 bridgehead atoms. The molecule has 0 radical (unpaired) electrons. The van der Waals surface area contributed by atoms with E-state index in [0.717, 1.165) is 46.8 Å². The Morgan fingerprint density at radius 1 is 1.03 bits per heavy atom. The molecule has 0 amide bonds. The summed E-state index contributed by atoms with van der Waals surface area (Å²) in [4.78, 5) is 11.7. The monoisotopic (exact) mass is 424 g/mol. The summed E-state index contributed by atoms with van der Waals surface area (Å²) >= 11 is 0. The number of nitrogens with zero attached hydrogens (tertiary/aromatic N) is 3. The van der Waals surface area contributed by atoms with Gasteiger partial charge in [0.15, 0.2) is 0 Å². The number of aryl methyl sites for hydroxylation is 3. The fourth-order valence-corrected chi connectivity index (χ4v) is 5.35. The van der Waals surface area contributed by atoms with Crippen LogP contribution in [0.1, 0.15) is 35.6 Å². The van der Waals surface area contributed by atoms with E-state index < -0.39 is 0 Å². The first-order valence-electron chi connectivity index (χ1n) is 11.4. The summed E-state index contributed by atoms with van der Waals surface area (Å²) < 4.78 is 1.94. The minimum absolute atomic E-state index is 0.649. The summed E-state index contributed by atoms with van der Waals surface area (Å²) in [6, 6.07) is 11.2. The lowest BCUT2D eigenvalue weighted by atomic mass is 9.89. The zero-order valence-corrected chi connectivity index (χ0v) is 18.8. The van der Waals surface area contributed by atoms with E-state index in [1.165, 1.54) is 40.4 Å². The van der Waals surface area contributed by atoms with Gasteiger partial charge in [0.05, 0.1) is 17.1 Å². The highest BCUT2D eigenvalue weighted by Crippen LogP contribution is 2.39. The second kappa shape index (κ2) is 7.35. The molecule has 0 aliphatic carbocycles. The van der Waals surface area contributed by atoms with Gasteiger partial charge in [-0.05, 0) is 81.1 Å². The molecule has 1 aliphatic heterocycles. The first kappa shape index (κ1) is 19.3. The van der Waals surface area contributed by atoms with Crippen LogP contribution in [0.4, 0.5) is 0 Å². The zero-order chi connectivity index (χ0) is 21.8. The summed E-state index contributed by atoms with van der Waals surface area (Å²) in [5.74, 6) is 0.649. The molecule has 0 unspecified atom stereocenters. The van der Waals surface area contributed by atoms with Crippen molar-refractivity contribution < 1.29 is 0 Å². The molecule has 162 valence electrons. The molecule has 6 heteroatoms. The van der Waals surface area contributed by atoms with Gasteiger partial charge < -0.3 is 15.3 Å². The molecule has 4 aromatic heterocycles. The highest BCUT2D eigenvalue weighted by atomic mass is 15.3. The Balaban J connectivity index is 1.53. The lowest BCUT2D eigenvalue weighted by molar-refractivity contribution is 0.460. The average molecular weight is 425 g/mol. The van der Waals surface area contributed by atoms with Crippen molar-refractivity contribution in [3.8, 4) is 22.5 Å². The molecule has 6 nitrogen and oxygen atoms in total. The summed E-state index contributed by atoms with van der Waals surface area (Å²) in [6.45, 7) is 6.48. The Bertz CT molecular complexity index is 1440. The van der Waals surface area contributed by atoms with Crippen molar-refractivity contribution in [1.29, 1.82) is 0 Å². The summed E-state index contributed by atoms with van der Waals surface area (Å²) in [5, 5.41) is 10.5. The largest absolute Gasteiger partial charge is 0.354 e. The molecular weight excluding hydrogens is 396 g/mol. The van der Waals surface area contributed by atoms with Gasteiger partial charge in [-0.15, -0.1) is 0 Å². The maximum atomic E-state index is 4.60. The van der Waals surface area contributed by atoms with Gasteiger partial charge in [0.2, 0.25) is 0 Å². The van der Waals surface area contributed by atoms with Crippen LogP contribution >= 0.6 is 0 Å². The Kier molecular flexibility index (Phi) is 4.43. The van der Waals surface area contributed by atoms with Gasteiger partial charge >= 0.3 is 0 Å². The number of nitrogens with one attached hydrogen (secondary N) is 3. The number of benzene rings is 1. The molecule has 0 spiro atoms. The highest BCUT2D eigenvalue weighted by Gasteiger charge is 2.20. The van der Waals surface area contributed by atoms with Crippen LogP contribution in [0.15, 0.2) is 42.7 Å². The Labute approximate surface area is 187 Å². The normalized spacial score (nSPS) is 15.2. The van der Waals surface area contributed by atoms with Gasteiger partial charge in [-0.1, -0.05) is 6.07 Å². The van der Waals surface area contributed by atoms with Crippen LogP contribution in [-0.2, 0) is 7.05 Å². The van der Waals surface area contributed by atoms with E-state index in [0.29, 0.717) is 5.92 Å². The van der Waals surface area contributed by atoms with E-state index in [9.17, 15) is 0 Å². The second-order valence-electron chi connectivity index (χ2n) is 9.03. The lowest BCUT2D eigenvalue weighted by Crippen LogP contribution is -2.26. The number of H-pyrrole nitrogens is 2. The first-order valence-corrected chi connectivity index (χ1v) is 11.4. The van der Waals surface area contributed by atoms with Crippen LogP contribution < -0.4 is 5.32 Å². The minimum Gasteiger partial charge on any atom is -0.354 e. The molecule has 0 atom stereocenters. The SMILES string of the molecule is Cc1cc(-c2c[nH]c3nccc(-c4[nH]c5ccc(C6CCNCC6)cc5c4C)c23)n(C)n1. The van der Waals surface area contributed by atoms with Crippen molar-refractivity contribution in [2.75, 3.05) is 13.1 Å².